The molecule has 0 unspecified atom stereocenters. The van der Waals surface area contributed by atoms with Gasteiger partial charge in [-0.3, -0.25) is 0 Å². The number of rotatable bonds is 4. The van der Waals surface area contributed by atoms with Gasteiger partial charge in [0.25, 0.3) is 0 Å². The Morgan fingerprint density at radius 3 is 2.43 bits per heavy atom. The first-order valence-electron chi connectivity index (χ1n) is 9.78. The van der Waals surface area contributed by atoms with E-state index in [1.807, 2.05) is 13.0 Å². The SMILES string of the molecule is C/C=C\C(=C/C1=CC=C(c2nc(C)nc3ccccc23)CC1)c1ccccc1. The summed E-state index contributed by atoms with van der Waals surface area (Å²) in [5.41, 5.74) is 7.20. The van der Waals surface area contributed by atoms with Crippen LogP contribution in [0, 0.1) is 6.92 Å². The summed E-state index contributed by atoms with van der Waals surface area (Å²) in [4.78, 5) is 9.32. The highest BCUT2D eigenvalue weighted by Crippen LogP contribution is 2.31. The van der Waals surface area contributed by atoms with Gasteiger partial charge < -0.3 is 0 Å². The fraction of sp³-hybridized carbons (Fsp3) is 0.154. The average molecular weight is 364 g/mol. The lowest BCUT2D eigenvalue weighted by molar-refractivity contribution is 0.986. The monoisotopic (exact) mass is 364 g/mol. The Kier molecular flexibility index (Phi) is 5.29. The highest BCUT2D eigenvalue weighted by Gasteiger charge is 2.13. The van der Waals surface area contributed by atoms with Gasteiger partial charge in [0.15, 0.2) is 0 Å². The summed E-state index contributed by atoms with van der Waals surface area (Å²) < 4.78 is 0. The second-order valence-corrected chi connectivity index (χ2v) is 7.04. The number of allylic oxidation sites excluding steroid dienone is 8. The predicted molar refractivity (Wildman–Crippen MR) is 119 cm³/mol. The summed E-state index contributed by atoms with van der Waals surface area (Å²) in [6.45, 7) is 4.03. The minimum absolute atomic E-state index is 0.823. The molecule has 1 heterocycles. The van der Waals surface area contributed by atoms with Gasteiger partial charge in [-0.05, 0) is 55.0 Å². The summed E-state index contributed by atoms with van der Waals surface area (Å²) in [5, 5.41) is 1.13. The van der Waals surface area contributed by atoms with Crippen molar-refractivity contribution in [2.75, 3.05) is 0 Å². The van der Waals surface area contributed by atoms with E-state index in [4.69, 9.17) is 4.98 Å². The van der Waals surface area contributed by atoms with Gasteiger partial charge in [0, 0.05) is 5.39 Å². The lowest BCUT2D eigenvalue weighted by Gasteiger charge is -2.15. The molecular weight excluding hydrogens is 340 g/mol. The zero-order valence-electron chi connectivity index (χ0n) is 16.4. The van der Waals surface area contributed by atoms with Crippen molar-refractivity contribution in [1.82, 2.24) is 9.97 Å². The van der Waals surface area contributed by atoms with E-state index in [0.29, 0.717) is 0 Å². The molecule has 1 aliphatic carbocycles. The number of nitrogens with zero attached hydrogens (tertiary/aromatic N) is 2. The van der Waals surface area contributed by atoms with Gasteiger partial charge >= 0.3 is 0 Å². The van der Waals surface area contributed by atoms with E-state index in [1.165, 1.54) is 22.3 Å². The largest absolute Gasteiger partial charge is 0.233 e. The van der Waals surface area contributed by atoms with Crippen molar-refractivity contribution in [1.29, 1.82) is 0 Å². The number of benzene rings is 2. The van der Waals surface area contributed by atoms with Gasteiger partial charge in [-0.25, -0.2) is 9.97 Å². The third-order valence-corrected chi connectivity index (χ3v) is 5.00. The smallest absolute Gasteiger partial charge is 0.126 e. The first-order chi connectivity index (χ1) is 13.7. The van der Waals surface area contributed by atoms with Crippen LogP contribution in [0.3, 0.4) is 0 Å². The fourth-order valence-corrected chi connectivity index (χ4v) is 3.65. The Balaban J connectivity index is 1.70. The van der Waals surface area contributed by atoms with Crippen LogP contribution in [0.25, 0.3) is 22.0 Å². The number of aromatic nitrogens is 2. The van der Waals surface area contributed by atoms with E-state index in [2.05, 4.69) is 90.8 Å². The highest BCUT2D eigenvalue weighted by molar-refractivity contribution is 5.90. The third kappa shape index (κ3) is 3.86. The maximum absolute atomic E-state index is 4.75. The molecule has 0 saturated carbocycles. The summed E-state index contributed by atoms with van der Waals surface area (Å²) >= 11 is 0. The van der Waals surface area contributed by atoms with Gasteiger partial charge in [0.05, 0.1) is 11.2 Å². The summed E-state index contributed by atoms with van der Waals surface area (Å²) in [6, 6.07) is 18.8. The van der Waals surface area contributed by atoms with Crippen LogP contribution in [0.15, 0.2) is 90.6 Å². The molecule has 0 atom stereocenters. The standard InChI is InChI=1S/C26H24N2/c1-3-9-23(21-10-5-4-6-11-21)18-20-14-16-22(17-15-20)26-24-12-7-8-13-25(24)27-19(2)28-26/h3-14,16,18H,15,17H2,1-2H3/b9-3-,23-18+. The molecule has 0 aliphatic heterocycles. The molecule has 0 amide bonds. The molecule has 1 aliphatic rings. The van der Waals surface area contributed by atoms with Crippen molar-refractivity contribution in [2.45, 2.75) is 26.7 Å². The molecular formula is C26H24N2. The van der Waals surface area contributed by atoms with Crippen LogP contribution in [-0.4, -0.2) is 9.97 Å². The van der Waals surface area contributed by atoms with Crippen molar-refractivity contribution in [3.8, 4) is 0 Å². The minimum Gasteiger partial charge on any atom is -0.233 e. The van der Waals surface area contributed by atoms with Crippen molar-refractivity contribution >= 4 is 22.0 Å². The average Bonchev–Trinajstić information content (AvgIpc) is 2.74. The van der Waals surface area contributed by atoms with Gasteiger partial charge in [0.2, 0.25) is 0 Å². The molecule has 0 N–H and O–H groups in total. The Hall–Kier alpha value is -3.26. The van der Waals surface area contributed by atoms with E-state index >= 15 is 0 Å². The van der Waals surface area contributed by atoms with Crippen LogP contribution in [0.5, 0.6) is 0 Å². The van der Waals surface area contributed by atoms with Crippen molar-refractivity contribution in [3.63, 3.8) is 0 Å². The van der Waals surface area contributed by atoms with Gasteiger partial charge in [-0.15, -0.1) is 0 Å². The fourth-order valence-electron chi connectivity index (χ4n) is 3.65. The lowest BCUT2D eigenvalue weighted by Crippen LogP contribution is -2.00. The van der Waals surface area contributed by atoms with E-state index in [1.54, 1.807) is 0 Å². The number of hydrogen-bond donors (Lipinski definition) is 0. The zero-order chi connectivity index (χ0) is 19.3. The summed E-state index contributed by atoms with van der Waals surface area (Å²) in [6.07, 6.45) is 13.0. The molecule has 0 saturated heterocycles. The van der Waals surface area contributed by atoms with Crippen molar-refractivity contribution in [2.24, 2.45) is 0 Å². The molecule has 2 nitrogen and oxygen atoms in total. The van der Waals surface area contributed by atoms with E-state index in [-0.39, 0.29) is 0 Å². The molecule has 0 bridgehead atoms. The maximum atomic E-state index is 4.75. The lowest BCUT2D eigenvalue weighted by atomic mass is 9.92. The molecule has 28 heavy (non-hydrogen) atoms. The Morgan fingerprint density at radius 1 is 0.893 bits per heavy atom. The van der Waals surface area contributed by atoms with Crippen LogP contribution in [-0.2, 0) is 0 Å². The predicted octanol–water partition coefficient (Wildman–Crippen LogP) is 6.70. The number of fused-ring (bicyclic) bond motifs is 1. The van der Waals surface area contributed by atoms with Crippen LogP contribution in [0.4, 0.5) is 0 Å². The topological polar surface area (TPSA) is 25.8 Å². The van der Waals surface area contributed by atoms with Crippen LogP contribution >= 0.6 is 0 Å². The van der Waals surface area contributed by atoms with E-state index < -0.39 is 0 Å². The third-order valence-electron chi connectivity index (χ3n) is 5.00. The molecule has 0 radical (unpaired) electrons. The summed E-state index contributed by atoms with van der Waals surface area (Å²) in [7, 11) is 0. The molecule has 2 heteroatoms. The first-order valence-corrected chi connectivity index (χ1v) is 9.78. The number of hydrogen-bond acceptors (Lipinski definition) is 2. The highest BCUT2D eigenvalue weighted by atomic mass is 14.9. The normalized spacial score (nSPS) is 15.0. The van der Waals surface area contributed by atoms with Crippen LogP contribution in [0.1, 0.15) is 36.8 Å². The van der Waals surface area contributed by atoms with Gasteiger partial charge in [-0.2, -0.15) is 0 Å². The Morgan fingerprint density at radius 2 is 1.68 bits per heavy atom. The van der Waals surface area contributed by atoms with Crippen molar-refractivity contribution < 1.29 is 0 Å². The van der Waals surface area contributed by atoms with E-state index in [9.17, 15) is 0 Å². The second-order valence-electron chi connectivity index (χ2n) is 7.04. The molecule has 1 aromatic heterocycles. The zero-order valence-corrected chi connectivity index (χ0v) is 16.4. The molecule has 4 rings (SSSR count). The van der Waals surface area contributed by atoms with Crippen molar-refractivity contribution in [3.05, 3.63) is 108 Å². The van der Waals surface area contributed by atoms with Crippen LogP contribution < -0.4 is 0 Å². The molecule has 3 aromatic rings. The molecule has 0 spiro atoms. The molecule has 2 aromatic carbocycles. The van der Waals surface area contributed by atoms with Gasteiger partial charge in [-0.1, -0.05) is 78.9 Å². The Bertz CT molecular complexity index is 1120. The van der Waals surface area contributed by atoms with E-state index in [0.717, 1.165) is 35.3 Å². The van der Waals surface area contributed by atoms with Gasteiger partial charge in [0.1, 0.15) is 5.82 Å². The number of para-hydroxylation sites is 1. The second kappa shape index (κ2) is 8.18. The minimum atomic E-state index is 0.823. The summed E-state index contributed by atoms with van der Waals surface area (Å²) in [5.74, 6) is 0.823. The quantitative estimate of drug-likeness (QED) is 0.481. The van der Waals surface area contributed by atoms with Crippen LogP contribution in [0.2, 0.25) is 0 Å². The molecule has 138 valence electrons. The number of aryl methyl sites for hydroxylation is 1. The molecule has 0 fully saturated rings. The maximum Gasteiger partial charge on any atom is 0.126 e. The Labute approximate surface area is 166 Å². The first kappa shape index (κ1) is 18.1.